The molecule has 1 amide bonds. The van der Waals surface area contributed by atoms with Crippen molar-refractivity contribution in [3.8, 4) is 0 Å². The van der Waals surface area contributed by atoms with E-state index in [-0.39, 0.29) is 11.1 Å². The molecule has 8 heteroatoms. The van der Waals surface area contributed by atoms with E-state index >= 15 is 0 Å². The van der Waals surface area contributed by atoms with Crippen molar-refractivity contribution in [1.29, 1.82) is 0 Å². The monoisotopic (exact) mass is 464 g/mol. The van der Waals surface area contributed by atoms with Gasteiger partial charge in [0.2, 0.25) is 5.91 Å². The van der Waals surface area contributed by atoms with Crippen LogP contribution in [0, 0.1) is 6.42 Å². The number of rotatable bonds is 11. The molecule has 1 rings (SSSR count). The maximum atomic E-state index is 13.6. The van der Waals surface area contributed by atoms with Crippen LogP contribution in [0.2, 0.25) is 0 Å². The Labute approximate surface area is 198 Å². The van der Waals surface area contributed by atoms with Gasteiger partial charge in [-0.2, -0.15) is 0 Å². The van der Waals surface area contributed by atoms with Crippen LogP contribution in [-0.4, -0.2) is 53.6 Å². The van der Waals surface area contributed by atoms with E-state index < -0.39 is 47.0 Å². The largest absolute Gasteiger partial charge is 0.456 e. The van der Waals surface area contributed by atoms with Crippen molar-refractivity contribution in [2.75, 3.05) is 6.54 Å². The normalized spacial score (nSPS) is 17.4. The summed E-state index contributed by atoms with van der Waals surface area (Å²) < 4.78 is 11.5. The smallest absolute Gasteiger partial charge is 0.339 e. The standard InChI is InChI=1S/C25H42N3O5/c1-16(32-24(2,3)4)20(28-22(30)19(27)14-10-11-15-26)21(29)17-12-8-9-13-18(17)23(31)33-25(5,6)7/h9,12-13,16,19-20H,8,10-11,14-15,26-27H2,1-7H3,(H,28,30)/t16-,19+,20+/m1/s1. The number of Topliss-reactive ketones (excluding diaryl/α,β-unsaturated/α-hetero) is 1. The Kier molecular flexibility index (Phi) is 10.9. The van der Waals surface area contributed by atoms with Gasteiger partial charge in [0, 0.05) is 5.57 Å². The third-order valence-electron chi connectivity index (χ3n) is 4.81. The van der Waals surface area contributed by atoms with Crippen LogP contribution < -0.4 is 16.8 Å². The fourth-order valence-electron chi connectivity index (χ4n) is 3.41. The number of carbonyl (C=O) groups excluding carboxylic acids is 3. The average molecular weight is 465 g/mol. The number of unbranched alkanes of at least 4 members (excludes halogenated alkanes) is 1. The molecule has 33 heavy (non-hydrogen) atoms. The minimum atomic E-state index is -1.02. The van der Waals surface area contributed by atoms with Gasteiger partial charge in [-0.15, -0.1) is 0 Å². The van der Waals surface area contributed by atoms with Gasteiger partial charge in [-0.3, -0.25) is 9.59 Å². The van der Waals surface area contributed by atoms with Crippen LogP contribution >= 0.6 is 0 Å². The zero-order valence-corrected chi connectivity index (χ0v) is 21.2. The van der Waals surface area contributed by atoms with Gasteiger partial charge in [0.1, 0.15) is 11.6 Å². The second-order valence-electron chi connectivity index (χ2n) is 10.3. The van der Waals surface area contributed by atoms with E-state index in [1.165, 1.54) is 0 Å². The zero-order chi connectivity index (χ0) is 25.4. The minimum absolute atomic E-state index is 0.163. The average Bonchev–Trinajstić information content (AvgIpc) is 2.68. The molecule has 0 heterocycles. The lowest BCUT2D eigenvalue weighted by atomic mass is 9.89. The Morgan fingerprint density at radius 3 is 2.24 bits per heavy atom. The molecular formula is C25H42N3O5. The van der Waals surface area contributed by atoms with E-state index in [1.807, 2.05) is 20.8 Å². The lowest BCUT2D eigenvalue weighted by molar-refractivity contribution is -0.149. The summed E-state index contributed by atoms with van der Waals surface area (Å²) in [5.41, 5.74) is 10.7. The van der Waals surface area contributed by atoms with Crippen LogP contribution in [0.4, 0.5) is 0 Å². The van der Waals surface area contributed by atoms with Gasteiger partial charge in [0.15, 0.2) is 5.78 Å². The summed E-state index contributed by atoms with van der Waals surface area (Å²) in [5.74, 6) is -1.45. The molecule has 0 aromatic heterocycles. The maximum absolute atomic E-state index is 13.6. The summed E-state index contributed by atoms with van der Waals surface area (Å²) in [6.45, 7) is 13.1. The molecule has 0 aromatic rings. The lowest BCUT2D eigenvalue weighted by Gasteiger charge is -2.32. The molecule has 1 aliphatic rings. The molecule has 0 unspecified atom stereocenters. The number of hydrogen-bond donors (Lipinski definition) is 3. The molecular weight excluding hydrogens is 422 g/mol. The molecule has 0 aromatic carbocycles. The van der Waals surface area contributed by atoms with E-state index in [4.69, 9.17) is 20.9 Å². The Balaban J connectivity index is 3.24. The fourth-order valence-corrected chi connectivity index (χ4v) is 3.41. The molecule has 8 nitrogen and oxygen atoms in total. The molecule has 0 spiro atoms. The van der Waals surface area contributed by atoms with Crippen LogP contribution in [0.3, 0.4) is 0 Å². The van der Waals surface area contributed by atoms with Gasteiger partial charge >= 0.3 is 5.97 Å². The first-order chi connectivity index (χ1) is 15.2. The molecule has 187 valence electrons. The number of nitrogens with one attached hydrogen (secondary N) is 1. The highest BCUT2D eigenvalue weighted by molar-refractivity contribution is 6.10. The van der Waals surface area contributed by atoms with Gasteiger partial charge in [-0.1, -0.05) is 18.6 Å². The first-order valence-electron chi connectivity index (χ1n) is 11.6. The Morgan fingerprint density at radius 1 is 1.06 bits per heavy atom. The van der Waals surface area contributed by atoms with E-state index in [0.717, 1.165) is 6.42 Å². The van der Waals surface area contributed by atoms with Crippen molar-refractivity contribution in [3.63, 3.8) is 0 Å². The molecule has 0 aliphatic heterocycles. The quantitative estimate of drug-likeness (QED) is 0.316. The molecule has 0 fully saturated rings. The summed E-state index contributed by atoms with van der Waals surface area (Å²) in [5, 5.41) is 2.77. The van der Waals surface area contributed by atoms with E-state index in [0.29, 0.717) is 25.8 Å². The van der Waals surface area contributed by atoms with Crippen molar-refractivity contribution in [2.24, 2.45) is 11.5 Å². The number of allylic oxidation sites excluding steroid dienone is 1. The second-order valence-corrected chi connectivity index (χ2v) is 10.3. The Morgan fingerprint density at radius 2 is 1.70 bits per heavy atom. The van der Waals surface area contributed by atoms with Crippen molar-refractivity contribution in [3.05, 3.63) is 29.7 Å². The van der Waals surface area contributed by atoms with Gasteiger partial charge < -0.3 is 26.3 Å². The van der Waals surface area contributed by atoms with Crippen LogP contribution in [0.25, 0.3) is 0 Å². The molecule has 0 saturated carbocycles. The Hall–Kier alpha value is -2.03. The van der Waals surface area contributed by atoms with Crippen LogP contribution in [0.1, 0.15) is 74.1 Å². The summed E-state index contributed by atoms with van der Waals surface area (Å²) in [7, 11) is 0. The lowest BCUT2D eigenvalue weighted by Crippen LogP contribution is -2.55. The third kappa shape index (κ3) is 10.2. The second kappa shape index (κ2) is 12.4. The highest BCUT2D eigenvalue weighted by Gasteiger charge is 2.36. The first-order valence-corrected chi connectivity index (χ1v) is 11.6. The zero-order valence-electron chi connectivity index (χ0n) is 21.2. The van der Waals surface area contributed by atoms with Gasteiger partial charge in [0.05, 0.1) is 23.3 Å². The van der Waals surface area contributed by atoms with Crippen LogP contribution in [-0.2, 0) is 23.9 Å². The number of carbonyl (C=O) groups is 3. The predicted octanol–water partition coefficient (Wildman–Crippen LogP) is 2.50. The number of amides is 1. The summed E-state index contributed by atoms with van der Waals surface area (Å²) >= 11 is 0. The number of hydrogen-bond acceptors (Lipinski definition) is 7. The summed E-state index contributed by atoms with van der Waals surface area (Å²) in [6, 6.07) is -1.80. The number of ether oxygens (including phenoxy) is 2. The van der Waals surface area contributed by atoms with Crippen molar-refractivity contribution >= 4 is 17.7 Å². The summed E-state index contributed by atoms with van der Waals surface area (Å²) in [6.07, 6.45) is 6.81. The molecule has 0 bridgehead atoms. The van der Waals surface area contributed by atoms with Crippen molar-refractivity contribution in [1.82, 2.24) is 5.32 Å². The van der Waals surface area contributed by atoms with Crippen molar-refractivity contribution in [2.45, 2.75) is 104 Å². The topological polar surface area (TPSA) is 134 Å². The number of esters is 1. The molecule has 3 atom stereocenters. The van der Waals surface area contributed by atoms with Gasteiger partial charge in [-0.05, 0) is 80.7 Å². The maximum Gasteiger partial charge on any atom is 0.339 e. The molecule has 0 saturated heterocycles. The third-order valence-corrected chi connectivity index (χ3v) is 4.81. The highest BCUT2D eigenvalue weighted by Crippen LogP contribution is 2.25. The SMILES string of the molecule is C[C@@H](OC(C)(C)C)[C@H](NC(=O)[C@@H](N)CCCCN)C(=O)C1=C(C(=O)OC(C)(C)C)C=CC[CH]1. The molecule has 5 N–H and O–H groups in total. The highest BCUT2D eigenvalue weighted by atomic mass is 16.6. The molecule has 1 aliphatic carbocycles. The van der Waals surface area contributed by atoms with Crippen LogP contribution in [0.5, 0.6) is 0 Å². The minimum Gasteiger partial charge on any atom is -0.456 e. The van der Waals surface area contributed by atoms with E-state index in [2.05, 4.69) is 5.32 Å². The fraction of sp³-hybridized carbons (Fsp3) is 0.680. The first kappa shape index (κ1) is 29.0. The van der Waals surface area contributed by atoms with Crippen molar-refractivity contribution < 1.29 is 23.9 Å². The molecule has 1 radical (unpaired) electrons. The Bertz CT molecular complexity index is 759. The summed E-state index contributed by atoms with van der Waals surface area (Å²) in [4.78, 5) is 39.2. The van der Waals surface area contributed by atoms with E-state index in [9.17, 15) is 14.4 Å². The van der Waals surface area contributed by atoms with Gasteiger partial charge in [0.25, 0.3) is 0 Å². The van der Waals surface area contributed by atoms with Crippen LogP contribution in [0.15, 0.2) is 23.3 Å². The number of nitrogens with two attached hydrogens (primary N) is 2. The van der Waals surface area contributed by atoms with Gasteiger partial charge in [-0.25, -0.2) is 4.79 Å². The van der Waals surface area contributed by atoms with E-state index in [1.54, 1.807) is 46.3 Å². The number of ketones is 1. The predicted molar refractivity (Wildman–Crippen MR) is 129 cm³/mol.